The molecule has 0 radical (unpaired) electrons. The van der Waals surface area contributed by atoms with Gasteiger partial charge in [-0.1, -0.05) is 11.6 Å². The smallest absolute Gasteiger partial charge is 0.124 e. The molecule has 1 aliphatic heterocycles. The van der Waals surface area contributed by atoms with Crippen molar-refractivity contribution in [3.05, 3.63) is 51.4 Å². The molecule has 1 aromatic heterocycles. The van der Waals surface area contributed by atoms with Crippen LogP contribution in [0.4, 0.5) is 10.1 Å². The summed E-state index contributed by atoms with van der Waals surface area (Å²) in [5, 5.41) is 18.1. The van der Waals surface area contributed by atoms with E-state index in [0.29, 0.717) is 11.6 Å². The standard InChI is InChI=1S/C15H16ClFN2OS/c16-12-7-11(17)1-2-14(12)19-5-4-18-13(8-19)15(20)10-3-6-21-9-10/h1-3,6-7,9,13,15,18,20H,4-5,8H2. The highest BCUT2D eigenvalue weighted by Gasteiger charge is 2.27. The molecule has 112 valence electrons. The molecule has 3 nitrogen and oxygen atoms in total. The third kappa shape index (κ3) is 3.21. The molecule has 2 N–H and O–H groups in total. The topological polar surface area (TPSA) is 35.5 Å². The van der Waals surface area contributed by atoms with Gasteiger partial charge in [0.25, 0.3) is 0 Å². The molecule has 21 heavy (non-hydrogen) atoms. The molecule has 0 amide bonds. The molecule has 2 unspecified atom stereocenters. The van der Waals surface area contributed by atoms with E-state index in [1.807, 2.05) is 16.8 Å². The Balaban J connectivity index is 1.76. The molecule has 0 spiro atoms. The van der Waals surface area contributed by atoms with E-state index in [-0.39, 0.29) is 11.9 Å². The number of nitrogens with one attached hydrogen (secondary N) is 1. The first-order valence-electron chi connectivity index (χ1n) is 6.78. The van der Waals surface area contributed by atoms with Gasteiger partial charge < -0.3 is 15.3 Å². The Bertz CT molecular complexity index is 608. The summed E-state index contributed by atoms with van der Waals surface area (Å²) in [5.41, 5.74) is 1.73. The van der Waals surface area contributed by atoms with Crippen molar-refractivity contribution in [1.82, 2.24) is 5.32 Å². The largest absolute Gasteiger partial charge is 0.387 e. The molecule has 2 atom stereocenters. The van der Waals surface area contributed by atoms with E-state index in [9.17, 15) is 9.50 Å². The van der Waals surface area contributed by atoms with Crippen molar-refractivity contribution in [3.8, 4) is 0 Å². The van der Waals surface area contributed by atoms with Gasteiger partial charge in [-0.15, -0.1) is 0 Å². The molecule has 1 aromatic carbocycles. The molecule has 3 rings (SSSR count). The fourth-order valence-electron chi connectivity index (χ4n) is 2.62. The first-order valence-corrected chi connectivity index (χ1v) is 8.11. The monoisotopic (exact) mass is 326 g/mol. The van der Waals surface area contributed by atoms with E-state index in [1.165, 1.54) is 12.1 Å². The quantitative estimate of drug-likeness (QED) is 0.910. The van der Waals surface area contributed by atoms with Crippen LogP contribution in [0.1, 0.15) is 11.7 Å². The van der Waals surface area contributed by atoms with Gasteiger partial charge in [0.15, 0.2) is 0 Å². The second kappa shape index (κ2) is 6.32. The molecular formula is C15H16ClFN2OS. The van der Waals surface area contributed by atoms with Crippen LogP contribution < -0.4 is 10.2 Å². The van der Waals surface area contributed by atoms with Gasteiger partial charge in [-0.25, -0.2) is 4.39 Å². The number of aliphatic hydroxyl groups excluding tert-OH is 1. The maximum absolute atomic E-state index is 13.2. The van der Waals surface area contributed by atoms with E-state index < -0.39 is 6.10 Å². The summed E-state index contributed by atoms with van der Waals surface area (Å²) in [6, 6.07) is 6.28. The molecule has 0 aliphatic carbocycles. The van der Waals surface area contributed by atoms with E-state index in [1.54, 1.807) is 17.4 Å². The third-order valence-corrected chi connectivity index (χ3v) is 4.73. The first-order chi connectivity index (χ1) is 10.1. The van der Waals surface area contributed by atoms with Gasteiger partial charge in [0.1, 0.15) is 5.82 Å². The average Bonchev–Trinajstić information content (AvgIpc) is 3.01. The fourth-order valence-corrected chi connectivity index (χ4v) is 3.60. The lowest BCUT2D eigenvalue weighted by atomic mass is 10.0. The van der Waals surface area contributed by atoms with Gasteiger partial charge in [0.2, 0.25) is 0 Å². The number of hydrogen-bond donors (Lipinski definition) is 2. The van der Waals surface area contributed by atoms with Gasteiger partial charge in [-0.05, 0) is 40.6 Å². The number of rotatable bonds is 3. The number of halogens is 2. The Morgan fingerprint density at radius 2 is 2.29 bits per heavy atom. The minimum Gasteiger partial charge on any atom is -0.387 e. The highest BCUT2D eigenvalue weighted by molar-refractivity contribution is 7.07. The SMILES string of the molecule is OC(c1ccsc1)C1CN(c2ccc(F)cc2Cl)CCN1. The Kier molecular flexibility index (Phi) is 4.45. The van der Waals surface area contributed by atoms with Crippen molar-refractivity contribution < 1.29 is 9.50 Å². The fraction of sp³-hybridized carbons (Fsp3) is 0.333. The van der Waals surface area contributed by atoms with Gasteiger partial charge in [0.05, 0.1) is 22.9 Å². The van der Waals surface area contributed by atoms with Crippen molar-refractivity contribution >= 4 is 28.6 Å². The normalized spacial score (nSPS) is 20.5. The van der Waals surface area contributed by atoms with Crippen LogP contribution in [0.3, 0.4) is 0 Å². The lowest BCUT2D eigenvalue weighted by molar-refractivity contribution is 0.125. The highest BCUT2D eigenvalue weighted by Crippen LogP contribution is 2.29. The summed E-state index contributed by atoms with van der Waals surface area (Å²) in [5.74, 6) is -0.339. The number of anilines is 1. The Hall–Kier alpha value is -1.14. The van der Waals surface area contributed by atoms with E-state index in [0.717, 1.165) is 24.3 Å². The lowest BCUT2D eigenvalue weighted by Gasteiger charge is -2.37. The summed E-state index contributed by atoms with van der Waals surface area (Å²) in [7, 11) is 0. The number of hydrogen-bond acceptors (Lipinski definition) is 4. The Labute approximate surface area is 132 Å². The summed E-state index contributed by atoms with van der Waals surface area (Å²) in [6.45, 7) is 2.15. The zero-order valence-corrected chi connectivity index (χ0v) is 12.9. The number of nitrogens with zero attached hydrogens (tertiary/aromatic N) is 1. The van der Waals surface area contributed by atoms with Crippen LogP contribution in [-0.2, 0) is 0 Å². The van der Waals surface area contributed by atoms with Crippen molar-refractivity contribution in [1.29, 1.82) is 0 Å². The number of aliphatic hydroxyl groups is 1. The van der Waals surface area contributed by atoms with Gasteiger partial charge in [-0.2, -0.15) is 11.3 Å². The molecule has 1 aliphatic rings. The van der Waals surface area contributed by atoms with E-state index >= 15 is 0 Å². The maximum atomic E-state index is 13.2. The van der Waals surface area contributed by atoms with E-state index in [4.69, 9.17) is 11.6 Å². The van der Waals surface area contributed by atoms with Gasteiger partial charge >= 0.3 is 0 Å². The zero-order valence-electron chi connectivity index (χ0n) is 11.3. The minimum absolute atomic E-state index is 0.0746. The van der Waals surface area contributed by atoms with Crippen molar-refractivity contribution in [3.63, 3.8) is 0 Å². The molecule has 0 bridgehead atoms. The second-order valence-electron chi connectivity index (χ2n) is 5.10. The third-order valence-electron chi connectivity index (χ3n) is 3.72. The maximum Gasteiger partial charge on any atom is 0.124 e. The predicted molar refractivity (Wildman–Crippen MR) is 84.7 cm³/mol. The molecule has 2 heterocycles. The van der Waals surface area contributed by atoms with Crippen LogP contribution in [-0.4, -0.2) is 30.8 Å². The van der Waals surface area contributed by atoms with Crippen LogP contribution in [0.25, 0.3) is 0 Å². The first kappa shape index (κ1) is 14.8. The van der Waals surface area contributed by atoms with E-state index in [2.05, 4.69) is 10.2 Å². The molecule has 1 fully saturated rings. The lowest BCUT2D eigenvalue weighted by Crippen LogP contribution is -2.53. The number of thiophene rings is 1. The Morgan fingerprint density at radius 1 is 1.43 bits per heavy atom. The number of benzene rings is 1. The highest BCUT2D eigenvalue weighted by atomic mass is 35.5. The van der Waals surface area contributed by atoms with Crippen LogP contribution in [0, 0.1) is 5.82 Å². The Morgan fingerprint density at radius 3 is 3.00 bits per heavy atom. The van der Waals surface area contributed by atoms with Crippen molar-refractivity contribution in [2.75, 3.05) is 24.5 Å². The summed E-state index contributed by atoms with van der Waals surface area (Å²) in [4.78, 5) is 2.08. The summed E-state index contributed by atoms with van der Waals surface area (Å²) >= 11 is 7.70. The summed E-state index contributed by atoms with van der Waals surface area (Å²) in [6.07, 6.45) is -0.557. The van der Waals surface area contributed by atoms with Gasteiger partial charge in [-0.3, -0.25) is 0 Å². The van der Waals surface area contributed by atoms with Crippen molar-refractivity contribution in [2.24, 2.45) is 0 Å². The van der Waals surface area contributed by atoms with Crippen LogP contribution in [0.5, 0.6) is 0 Å². The average molecular weight is 327 g/mol. The minimum atomic E-state index is -0.557. The van der Waals surface area contributed by atoms with Gasteiger partial charge in [0, 0.05) is 19.6 Å². The second-order valence-corrected chi connectivity index (χ2v) is 6.29. The predicted octanol–water partition coefficient (Wildman–Crippen LogP) is 3.05. The molecule has 6 heteroatoms. The van der Waals surface area contributed by atoms with Crippen molar-refractivity contribution in [2.45, 2.75) is 12.1 Å². The molecular weight excluding hydrogens is 311 g/mol. The van der Waals surface area contributed by atoms with Crippen LogP contribution >= 0.6 is 22.9 Å². The zero-order chi connectivity index (χ0) is 14.8. The molecule has 1 saturated heterocycles. The van der Waals surface area contributed by atoms with Crippen LogP contribution in [0.15, 0.2) is 35.0 Å². The molecule has 2 aromatic rings. The number of piperazine rings is 1. The summed E-state index contributed by atoms with van der Waals surface area (Å²) < 4.78 is 13.2. The van der Waals surface area contributed by atoms with Crippen LogP contribution in [0.2, 0.25) is 5.02 Å². The molecule has 0 saturated carbocycles.